The number of nitrogens with zero attached hydrogens (tertiary/aromatic N) is 1. The highest BCUT2D eigenvalue weighted by Gasteiger charge is 2.46. The van der Waals surface area contributed by atoms with Crippen LogP contribution >= 0.6 is 11.3 Å². The van der Waals surface area contributed by atoms with E-state index in [9.17, 15) is 0 Å². The summed E-state index contributed by atoms with van der Waals surface area (Å²) in [6.45, 7) is 11.3. The Morgan fingerprint density at radius 1 is 1.32 bits per heavy atom. The highest BCUT2D eigenvalue weighted by Crippen LogP contribution is 2.58. The first kappa shape index (κ1) is 16.8. The molecular formula is C23H27NS. The van der Waals surface area contributed by atoms with Crippen LogP contribution in [0.15, 0.2) is 48.6 Å². The van der Waals surface area contributed by atoms with Gasteiger partial charge in [-0.25, -0.2) is 4.98 Å². The molecule has 0 bridgehead atoms. The molecule has 0 fully saturated rings. The van der Waals surface area contributed by atoms with Gasteiger partial charge in [-0.2, -0.15) is 0 Å². The van der Waals surface area contributed by atoms with Gasteiger partial charge in [-0.3, -0.25) is 0 Å². The molecule has 2 heteroatoms. The van der Waals surface area contributed by atoms with Crippen molar-refractivity contribution in [2.45, 2.75) is 46.5 Å². The van der Waals surface area contributed by atoms with E-state index in [0.717, 1.165) is 12.8 Å². The van der Waals surface area contributed by atoms with E-state index in [0.29, 0.717) is 11.8 Å². The summed E-state index contributed by atoms with van der Waals surface area (Å²) >= 11 is 1.89. The van der Waals surface area contributed by atoms with Crippen LogP contribution in [0.1, 0.15) is 50.6 Å². The summed E-state index contributed by atoms with van der Waals surface area (Å²) in [7, 11) is 0. The summed E-state index contributed by atoms with van der Waals surface area (Å²) in [5, 5.41) is 1.17. The predicted octanol–water partition coefficient (Wildman–Crippen LogP) is 6.77. The highest BCUT2D eigenvalue weighted by molar-refractivity contribution is 7.16. The SMILES string of the molecule is C=C(C)[C@@H]1CC=C2c3sc(-c4ccccc4)nc3CC(CC)[C@]2(C)C1. The van der Waals surface area contributed by atoms with Crippen LogP contribution in [0.5, 0.6) is 0 Å². The molecule has 0 saturated carbocycles. The third kappa shape index (κ3) is 2.71. The van der Waals surface area contributed by atoms with Crippen molar-refractivity contribution >= 4 is 16.9 Å². The minimum atomic E-state index is 0.268. The van der Waals surface area contributed by atoms with Crippen molar-refractivity contribution in [3.8, 4) is 10.6 Å². The zero-order valence-electron chi connectivity index (χ0n) is 15.5. The third-order valence-corrected chi connectivity index (χ3v) is 7.57. The summed E-state index contributed by atoms with van der Waals surface area (Å²) in [5.74, 6) is 1.31. The molecule has 3 atom stereocenters. The maximum Gasteiger partial charge on any atom is 0.124 e. The second kappa shape index (κ2) is 6.25. The van der Waals surface area contributed by atoms with Gasteiger partial charge in [-0.1, -0.05) is 68.8 Å². The van der Waals surface area contributed by atoms with Gasteiger partial charge in [0.25, 0.3) is 0 Å². The fourth-order valence-electron chi connectivity index (χ4n) is 4.77. The van der Waals surface area contributed by atoms with Gasteiger partial charge >= 0.3 is 0 Å². The van der Waals surface area contributed by atoms with E-state index in [1.165, 1.54) is 39.6 Å². The maximum absolute atomic E-state index is 5.06. The van der Waals surface area contributed by atoms with Gasteiger partial charge in [0.1, 0.15) is 5.01 Å². The first-order valence-corrected chi connectivity index (χ1v) is 10.3. The number of hydrogen-bond donors (Lipinski definition) is 0. The van der Waals surface area contributed by atoms with Gasteiger partial charge in [0.2, 0.25) is 0 Å². The molecule has 25 heavy (non-hydrogen) atoms. The average molecular weight is 350 g/mol. The van der Waals surface area contributed by atoms with Crippen molar-refractivity contribution in [2.24, 2.45) is 17.3 Å². The van der Waals surface area contributed by atoms with Crippen molar-refractivity contribution in [2.75, 3.05) is 0 Å². The van der Waals surface area contributed by atoms with Gasteiger partial charge in [0.15, 0.2) is 0 Å². The predicted molar refractivity (Wildman–Crippen MR) is 109 cm³/mol. The van der Waals surface area contributed by atoms with Crippen molar-refractivity contribution in [3.63, 3.8) is 0 Å². The summed E-state index contributed by atoms with van der Waals surface area (Å²) in [6, 6.07) is 10.6. The molecule has 0 N–H and O–H groups in total. The number of thiazole rings is 1. The lowest BCUT2D eigenvalue weighted by atomic mass is 9.57. The number of rotatable bonds is 3. The molecule has 1 aromatic heterocycles. The molecule has 130 valence electrons. The molecule has 0 aliphatic heterocycles. The van der Waals surface area contributed by atoms with Gasteiger partial charge in [-0.15, -0.1) is 11.3 Å². The first-order valence-electron chi connectivity index (χ1n) is 9.44. The molecule has 2 aliphatic carbocycles. The Morgan fingerprint density at radius 2 is 2.08 bits per heavy atom. The average Bonchev–Trinajstić information content (AvgIpc) is 3.04. The molecule has 1 aromatic carbocycles. The highest BCUT2D eigenvalue weighted by atomic mass is 32.1. The fourth-order valence-corrected chi connectivity index (χ4v) is 6.05. The van der Waals surface area contributed by atoms with E-state index in [4.69, 9.17) is 4.98 Å². The van der Waals surface area contributed by atoms with Gasteiger partial charge in [-0.05, 0) is 49.0 Å². The quantitative estimate of drug-likeness (QED) is 0.557. The molecule has 0 spiro atoms. The molecule has 1 heterocycles. The Morgan fingerprint density at radius 3 is 2.76 bits per heavy atom. The van der Waals surface area contributed by atoms with E-state index < -0.39 is 0 Å². The van der Waals surface area contributed by atoms with Crippen molar-refractivity contribution in [1.82, 2.24) is 4.98 Å². The second-order valence-corrected chi connectivity index (χ2v) is 8.99. The molecular weight excluding hydrogens is 322 g/mol. The topological polar surface area (TPSA) is 12.9 Å². The van der Waals surface area contributed by atoms with E-state index >= 15 is 0 Å². The van der Waals surface area contributed by atoms with Gasteiger partial charge in [0, 0.05) is 5.56 Å². The number of benzene rings is 1. The molecule has 1 nitrogen and oxygen atoms in total. The van der Waals surface area contributed by atoms with E-state index in [1.807, 2.05) is 11.3 Å². The minimum absolute atomic E-state index is 0.268. The number of allylic oxidation sites excluding steroid dienone is 3. The smallest absolute Gasteiger partial charge is 0.124 e. The van der Waals surface area contributed by atoms with Crippen LogP contribution in [0.2, 0.25) is 0 Å². The van der Waals surface area contributed by atoms with E-state index in [-0.39, 0.29) is 5.41 Å². The Hall–Kier alpha value is -1.67. The summed E-state index contributed by atoms with van der Waals surface area (Å²) in [5.41, 5.74) is 5.75. The number of aromatic nitrogens is 1. The normalized spacial score (nSPS) is 28.0. The zero-order valence-corrected chi connectivity index (χ0v) is 16.3. The van der Waals surface area contributed by atoms with Crippen LogP contribution in [-0.4, -0.2) is 4.98 Å². The van der Waals surface area contributed by atoms with Gasteiger partial charge in [0.05, 0.1) is 10.6 Å². The summed E-state index contributed by atoms with van der Waals surface area (Å²) in [6.07, 6.45) is 7.22. The molecule has 0 amide bonds. The molecule has 1 unspecified atom stereocenters. The molecule has 0 saturated heterocycles. The second-order valence-electron chi connectivity index (χ2n) is 7.99. The Labute approximate surface area is 155 Å². The van der Waals surface area contributed by atoms with Crippen LogP contribution in [0.25, 0.3) is 16.1 Å². The lowest BCUT2D eigenvalue weighted by Gasteiger charge is -2.47. The monoisotopic (exact) mass is 349 g/mol. The zero-order chi connectivity index (χ0) is 17.6. The van der Waals surface area contributed by atoms with Crippen LogP contribution in [0, 0.1) is 17.3 Å². The Bertz CT molecular complexity index is 829. The molecule has 4 rings (SSSR count). The van der Waals surface area contributed by atoms with E-state index in [2.05, 4.69) is 63.8 Å². The number of hydrogen-bond acceptors (Lipinski definition) is 2. The molecule has 2 aromatic rings. The molecule has 0 radical (unpaired) electrons. The summed E-state index contributed by atoms with van der Waals surface area (Å²) in [4.78, 5) is 6.51. The Kier molecular flexibility index (Phi) is 4.19. The summed E-state index contributed by atoms with van der Waals surface area (Å²) < 4.78 is 0. The standard InChI is InChI=1S/C23H27NS/c1-5-18-13-20-21(25-22(24-20)16-9-7-6-8-10-16)19-12-11-17(15(2)3)14-23(18,19)4/h6-10,12,17-18H,2,5,11,13-14H2,1,3-4H3/t17-,18?,23+/m1/s1. The maximum atomic E-state index is 5.06. The first-order chi connectivity index (χ1) is 12.0. The fraction of sp³-hybridized carbons (Fsp3) is 0.435. The van der Waals surface area contributed by atoms with Crippen LogP contribution in [0.3, 0.4) is 0 Å². The molecule has 2 aliphatic rings. The Balaban J connectivity index is 1.81. The third-order valence-electron chi connectivity index (χ3n) is 6.39. The van der Waals surface area contributed by atoms with Gasteiger partial charge < -0.3 is 0 Å². The van der Waals surface area contributed by atoms with E-state index in [1.54, 1.807) is 5.57 Å². The van der Waals surface area contributed by atoms with Crippen LogP contribution in [0.4, 0.5) is 0 Å². The number of fused-ring (bicyclic) bond motifs is 3. The minimum Gasteiger partial charge on any atom is -0.240 e. The van der Waals surface area contributed by atoms with Crippen molar-refractivity contribution in [3.05, 3.63) is 59.1 Å². The van der Waals surface area contributed by atoms with Crippen LogP contribution < -0.4 is 0 Å². The van der Waals surface area contributed by atoms with Crippen molar-refractivity contribution in [1.29, 1.82) is 0 Å². The lowest BCUT2D eigenvalue weighted by Crippen LogP contribution is -2.38. The van der Waals surface area contributed by atoms with Crippen LogP contribution in [-0.2, 0) is 6.42 Å². The van der Waals surface area contributed by atoms with Crippen molar-refractivity contribution < 1.29 is 0 Å². The largest absolute Gasteiger partial charge is 0.240 e. The lowest BCUT2D eigenvalue weighted by molar-refractivity contribution is 0.196.